The van der Waals surface area contributed by atoms with Crippen molar-refractivity contribution in [1.29, 1.82) is 0 Å². The van der Waals surface area contributed by atoms with Gasteiger partial charge in [0.1, 0.15) is 11.6 Å². The van der Waals surface area contributed by atoms with Crippen molar-refractivity contribution in [1.82, 2.24) is 10.2 Å². The highest BCUT2D eigenvalue weighted by atomic mass is 35.5. The van der Waals surface area contributed by atoms with E-state index in [1.807, 2.05) is 0 Å². The Hall–Kier alpha value is -0.840. The molecule has 1 saturated heterocycles. The van der Waals surface area contributed by atoms with Crippen LogP contribution in [0.3, 0.4) is 0 Å². The van der Waals surface area contributed by atoms with Gasteiger partial charge in [-0.15, -0.1) is 12.4 Å². The molecule has 0 spiro atoms. The first-order chi connectivity index (χ1) is 10.3. The molecule has 2 N–H and O–H groups in total. The highest BCUT2D eigenvalue weighted by Crippen LogP contribution is 2.39. The van der Waals surface area contributed by atoms with Gasteiger partial charge in [-0.25, -0.2) is 4.39 Å². The molecule has 5 heteroatoms. The second-order valence-corrected chi connectivity index (χ2v) is 6.33. The Kier molecular flexibility index (Phi) is 6.48. The normalized spacial score (nSPS) is 22.0. The van der Waals surface area contributed by atoms with E-state index < -0.39 is 0 Å². The van der Waals surface area contributed by atoms with E-state index in [1.165, 1.54) is 38.2 Å². The molecule has 0 aromatic heterocycles. The molecule has 2 aliphatic rings. The first kappa shape index (κ1) is 17.5. The lowest BCUT2D eigenvalue weighted by molar-refractivity contribution is 0.100. The number of rotatable bonds is 3. The Morgan fingerprint density at radius 1 is 1.14 bits per heavy atom. The zero-order valence-electron chi connectivity index (χ0n) is 12.9. The highest BCUT2D eigenvalue weighted by molar-refractivity contribution is 5.85. The summed E-state index contributed by atoms with van der Waals surface area (Å²) in [6, 6.07) is 4.82. The van der Waals surface area contributed by atoms with E-state index in [2.05, 4.69) is 10.2 Å². The van der Waals surface area contributed by atoms with E-state index in [0.29, 0.717) is 5.92 Å². The Morgan fingerprint density at radius 2 is 1.82 bits per heavy atom. The molecule has 0 radical (unpaired) electrons. The molecule has 1 aliphatic carbocycles. The van der Waals surface area contributed by atoms with Crippen LogP contribution in [0.2, 0.25) is 0 Å². The predicted molar refractivity (Wildman–Crippen MR) is 89.1 cm³/mol. The second kappa shape index (κ2) is 8.14. The zero-order chi connectivity index (χ0) is 14.7. The van der Waals surface area contributed by atoms with Crippen LogP contribution in [-0.2, 0) is 0 Å². The molecule has 3 rings (SSSR count). The van der Waals surface area contributed by atoms with E-state index >= 15 is 0 Å². The summed E-state index contributed by atoms with van der Waals surface area (Å²) in [4.78, 5) is 2.43. The fourth-order valence-electron chi connectivity index (χ4n) is 3.91. The van der Waals surface area contributed by atoms with Gasteiger partial charge in [-0.2, -0.15) is 0 Å². The molecular weight excluding hydrogens is 303 g/mol. The fourth-order valence-corrected chi connectivity index (χ4v) is 3.91. The number of benzene rings is 1. The summed E-state index contributed by atoms with van der Waals surface area (Å²) in [5, 5.41) is 12.8. The van der Waals surface area contributed by atoms with Crippen molar-refractivity contribution >= 4 is 12.4 Å². The minimum atomic E-state index is -0.260. The van der Waals surface area contributed by atoms with Crippen LogP contribution in [0, 0.1) is 11.7 Å². The average Bonchev–Trinajstić information content (AvgIpc) is 2.52. The lowest BCUT2D eigenvalue weighted by Crippen LogP contribution is -2.47. The maximum atomic E-state index is 14.4. The molecule has 2 fully saturated rings. The number of phenols is 1. The summed E-state index contributed by atoms with van der Waals surface area (Å²) < 4.78 is 14.4. The zero-order valence-corrected chi connectivity index (χ0v) is 13.7. The first-order valence-corrected chi connectivity index (χ1v) is 8.19. The van der Waals surface area contributed by atoms with Crippen LogP contribution in [0.15, 0.2) is 18.2 Å². The summed E-state index contributed by atoms with van der Waals surface area (Å²) in [6.07, 6.45) is 6.20. The largest absolute Gasteiger partial charge is 0.508 e. The summed E-state index contributed by atoms with van der Waals surface area (Å²) in [5.41, 5.74) is 0.765. The molecule has 1 aromatic carbocycles. The molecule has 1 saturated carbocycles. The van der Waals surface area contributed by atoms with Gasteiger partial charge in [-0.1, -0.05) is 25.3 Å². The lowest BCUT2D eigenvalue weighted by Gasteiger charge is -2.41. The number of aromatic hydroxyl groups is 1. The van der Waals surface area contributed by atoms with Gasteiger partial charge < -0.3 is 10.4 Å². The number of nitrogens with zero attached hydrogens (tertiary/aromatic N) is 1. The van der Waals surface area contributed by atoms with Gasteiger partial charge in [0.05, 0.1) is 0 Å². The molecule has 1 heterocycles. The Balaban J connectivity index is 0.00000176. The average molecular weight is 329 g/mol. The van der Waals surface area contributed by atoms with Crippen LogP contribution in [0.4, 0.5) is 4.39 Å². The third-order valence-electron chi connectivity index (χ3n) is 4.94. The molecule has 22 heavy (non-hydrogen) atoms. The van der Waals surface area contributed by atoms with Crippen LogP contribution in [0.25, 0.3) is 0 Å². The summed E-state index contributed by atoms with van der Waals surface area (Å²) in [7, 11) is 0. The minimum absolute atomic E-state index is 0. The summed E-state index contributed by atoms with van der Waals surface area (Å²) >= 11 is 0. The second-order valence-electron chi connectivity index (χ2n) is 6.33. The molecule has 3 nitrogen and oxygen atoms in total. The van der Waals surface area contributed by atoms with Crippen molar-refractivity contribution in [3.63, 3.8) is 0 Å². The summed E-state index contributed by atoms with van der Waals surface area (Å²) in [5.74, 6) is 0.291. The van der Waals surface area contributed by atoms with E-state index in [-0.39, 0.29) is 30.0 Å². The van der Waals surface area contributed by atoms with Gasteiger partial charge in [0, 0.05) is 43.9 Å². The minimum Gasteiger partial charge on any atom is -0.508 e. The molecular formula is C17H26ClFN2O. The van der Waals surface area contributed by atoms with Gasteiger partial charge >= 0.3 is 0 Å². The third-order valence-corrected chi connectivity index (χ3v) is 4.94. The van der Waals surface area contributed by atoms with Gasteiger partial charge in [0.2, 0.25) is 0 Å². The van der Waals surface area contributed by atoms with Gasteiger partial charge in [0.25, 0.3) is 0 Å². The van der Waals surface area contributed by atoms with Gasteiger partial charge in [-0.3, -0.25) is 4.90 Å². The van der Waals surface area contributed by atoms with Crippen LogP contribution in [0.5, 0.6) is 5.75 Å². The van der Waals surface area contributed by atoms with Crippen molar-refractivity contribution in [2.45, 2.75) is 38.1 Å². The third kappa shape index (κ3) is 3.92. The van der Waals surface area contributed by atoms with E-state index in [0.717, 1.165) is 31.7 Å². The number of piperazine rings is 1. The van der Waals surface area contributed by atoms with Crippen LogP contribution >= 0.6 is 12.4 Å². The Bertz CT molecular complexity index is 456. The number of hydrogen-bond donors (Lipinski definition) is 2. The monoisotopic (exact) mass is 328 g/mol. The molecule has 1 aliphatic heterocycles. The maximum absolute atomic E-state index is 14.4. The van der Waals surface area contributed by atoms with Crippen molar-refractivity contribution in [3.8, 4) is 5.75 Å². The number of halogens is 2. The summed E-state index contributed by atoms with van der Waals surface area (Å²) in [6.45, 7) is 3.90. The molecule has 0 bridgehead atoms. The molecule has 0 amide bonds. The number of phenolic OH excluding ortho intramolecular Hbond substituents is 1. The fraction of sp³-hybridized carbons (Fsp3) is 0.647. The molecule has 1 atom stereocenters. The van der Waals surface area contributed by atoms with Crippen molar-refractivity contribution in [3.05, 3.63) is 29.6 Å². The van der Waals surface area contributed by atoms with Gasteiger partial charge in [0.15, 0.2) is 0 Å². The maximum Gasteiger partial charge on any atom is 0.131 e. The molecule has 124 valence electrons. The molecule has 1 aromatic rings. The number of nitrogens with one attached hydrogen (secondary N) is 1. The lowest BCUT2D eigenvalue weighted by atomic mass is 9.80. The number of hydrogen-bond acceptors (Lipinski definition) is 3. The predicted octanol–water partition coefficient (Wildman–Crippen LogP) is 3.48. The van der Waals surface area contributed by atoms with Crippen molar-refractivity contribution in [2.24, 2.45) is 5.92 Å². The van der Waals surface area contributed by atoms with E-state index in [1.54, 1.807) is 12.1 Å². The van der Waals surface area contributed by atoms with Crippen LogP contribution in [0.1, 0.15) is 43.7 Å². The Labute approximate surface area is 138 Å². The standard InChI is InChI=1S/C17H25FN2O.ClH/c18-16-12-14(21)6-7-15(16)17(13-4-2-1-3-5-13)20-10-8-19-9-11-20;/h6-7,12-13,17,19,21H,1-5,8-11H2;1H/t17-;/m0./s1. The SMILES string of the molecule is Cl.Oc1ccc([C@H](C2CCCCC2)N2CCNCC2)c(F)c1. The van der Waals surface area contributed by atoms with Gasteiger partial charge in [-0.05, 0) is 24.8 Å². The highest BCUT2D eigenvalue weighted by Gasteiger charge is 2.32. The van der Waals surface area contributed by atoms with Crippen molar-refractivity contribution in [2.75, 3.05) is 26.2 Å². The van der Waals surface area contributed by atoms with Crippen LogP contribution < -0.4 is 5.32 Å². The van der Waals surface area contributed by atoms with E-state index in [4.69, 9.17) is 0 Å². The first-order valence-electron chi connectivity index (χ1n) is 8.19. The van der Waals surface area contributed by atoms with Crippen LogP contribution in [-0.4, -0.2) is 36.2 Å². The van der Waals surface area contributed by atoms with E-state index in [9.17, 15) is 9.50 Å². The topological polar surface area (TPSA) is 35.5 Å². The molecule has 0 unspecified atom stereocenters. The Morgan fingerprint density at radius 3 is 2.45 bits per heavy atom. The quantitative estimate of drug-likeness (QED) is 0.891. The van der Waals surface area contributed by atoms with Crippen molar-refractivity contribution < 1.29 is 9.50 Å². The smallest absolute Gasteiger partial charge is 0.131 e.